The van der Waals surface area contributed by atoms with Gasteiger partial charge in [0.25, 0.3) is 0 Å². The van der Waals surface area contributed by atoms with Crippen LogP contribution in [0.25, 0.3) is 6.08 Å². The molecule has 2 rings (SSSR count). The van der Waals surface area contributed by atoms with Gasteiger partial charge in [0, 0.05) is 17.2 Å². The predicted octanol–water partition coefficient (Wildman–Crippen LogP) is 3.35. The molecule has 1 saturated carbocycles. The zero-order valence-electron chi connectivity index (χ0n) is 11.4. The Morgan fingerprint density at radius 2 is 2.05 bits per heavy atom. The second-order valence-electron chi connectivity index (χ2n) is 5.23. The molecule has 0 aliphatic heterocycles. The molecule has 1 atom stereocenters. The van der Waals surface area contributed by atoms with Crippen LogP contribution in [0.15, 0.2) is 35.2 Å². The van der Waals surface area contributed by atoms with Crippen LogP contribution in [0.3, 0.4) is 0 Å². The van der Waals surface area contributed by atoms with E-state index in [1.54, 1.807) is 0 Å². The third-order valence-corrected chi connectivity index (χ3v) is 5.23. The zero-order valence-corrected chi connectivity index (χ0v) is 12.2. The van der Waals surface area contributed by atoms with E-state index in [0.717, 1.165) is 16.2 Å². The van der Waals surface area contributed by atoms with E-state index in [0.29, 0.717) is 12.5 Å². The van der Waals surface area contributed by atoms with Crippen LogP contribution in [0, 0.1) is 5.92 Å². The molecule has 1 aliphatic carbocycles. The fourth-order valence-electron chi connectivity index (χ4n) is 2.63. The normalized spacial score (nSPS) is 18.8. The summed E-state index contributed by atoms with van der Waals surface area (Å²) in [7, 11) is -0.862. The van der Waals surface area contributed by atoms with Crippen molar-refractivity contribution in [2.24, 2.45) is 11.7 Å². The summed E-state index contributed by atoms with van der Waals surface area (Å²) in [5.74, 6) is 1.47. The van der Waals surface area contributed by atoms with Gasteiger partial charge in [-0.1, -0.05) is 43.5 Å². The van der Waals surface area contributed by atoms with Crippen molar-refractivity contribution in [2.75, 3.05) is 12.3 Å². The van der Waals surface area contributed by atoms with Crippen molar-refractivity contribution in [2.45, 2.75) is 37.0 Å². The molecule has 104 valence electrons. The lowest BCUT2D eigenvalue weighted by atomic mass is 9.91. The first-order valence-electron chi connectivity index (χ1n) is 7.14. The van der Waals surface area contributed by atoms with E-state index in [-0.39, 0.29) is 0 Å². The summed E-state index contributed by atoms with van der Waals surface area (Å²) in [6.45, 7) is 0.537. The van der Waals surface area contributed by atoms with Crippen molar-refractivity contribution in [3.63, 3.8) is 0 Å². The monoisotopic (exact) mass is 277 g/mol. The van der Waals surface area contributed by atoms with Crippen molar-refractivity contribution in [1.29, 1.82) is 0 Å². The molecule has 1 fully saturated rings. The van der Waals surface area contributed by atoms with Crippen LogP contribution in [-0.4, -0.2) is 16.5 Å². The van der Waals surface area contributed by atoms with Crippen LogP contribution >= 0.6 is 0 Å². The van der Waals surface area contributed by atoms with Gasteiger partial charge in [-0.15, -0.1) is 0 Å². The topological polar surface area (TPSA) is 43.1 Å². The average Bonchev–Trinajstić information content (AvgIpc) is 2.46. The smallest absolute Gasteiger partial charge is 0.0532 e. The summed E-state index contributed by atoms with van der Waals surface area (Å²) in [5, 5.41) is 0. The van der Waals surface area contributed by atoms with Gasteiger partial charge in [-0.25, -0.2) is 0 Å². The average molecular weight is 277 g/mol. The largest absolute Gasteiger partial charge is 0.327 e. The van der Waals surface area contributed by atoms with Gasteiger partial charge in [-0.3, -0.25) is 4.21 Å². The molecule has 2 N–H and O–H groups in total. The van der Waals surface area contributed by atoms with Gasteiger partial charge < -0.3 is 5.73 Å². The molecule has 3 heteroatoms. The van der Waals surface area contributed by atoms with E-state index < -0.39 is 10.8 Å². The van der Waals surface area contributed by atoms with Crippen molar-refractivity contribution in [3.8, 4) is 0 Å². The highest BCUT2D eigenvalue weighted by Gasteiger charge is 2.17. The van der Waals surface area contributed by atoms with Gasteiger partial charge in [0.15, 0.2) is 0 Å². The van der Waals surface area contributed by atoms with Crippen molar-refractivity contribution in [1.82, 2.24) is 0 Å². The molecule has 1 aromatic carbocycles. The van der Waals surface area contributed by atoms with E-state index >= 15 is 0 Å². The van der Waals surface area contributed by atoms with E-state index in [9.17, 15) is 4.21 Å². The van der Waals surface area contributed by atoms with Gasteiger partial charge >= 0.3 is 0 Å². The first-order valence-corrected chi connectivity index (χ1v) is 8.46. The van der Waals surface area contributed by atoms with Gasteiger partial charge in [0.1, 0.15) is 0 Å². The summed E-state index contributed by atoms with van der Waals surface area (Å²) >= 11 is 0. The third-order valence-electron chi connectivity index (χ3n) is 3.68. The van der Waals surface area contributed by atoms with Gasteiger partial charge in [-0.05, 0) is 36.5 Å². The Hall–Kier alpha value is -0.930. The minimum atomic E-state index is -0.862. The maximum absolute atomic E-state index is 12.4. The van der Waals surface area contributed by atoms with E-state index in [2.05, 4.69) is 0 Å². The summed E-state index contributed by atoms with van der Waals surface area (Å²) in [6.07, 6.45) is 10.4. The summed E-state index contributed by atoms with van der Waals surface area (Å²) in [5.41, 5.74) is 6.53. The second-order valence-corrected chi connectivity index (χ2v) is 6.72. The lowest BCUT2D eigenvalue weighted by Gasteiger charge is -2.20. The molecular weight excluding hydrogens is 254 g/mol. The maximum atomic E-state index is 12.4. The minimum Gasteiger partial charge on any atom is -0.327 e. The quantitative estimate of drug-likeness (QED) is 0.897. The molecule has 0 aromatic heterocycles. The van der Waals surface area contributed by atoms with Crippen LogP contribution in [0.5, 0.6) is 0 Å². The summed E-state index contributed by atoms with van der Waals surface area (Å²) < 4.78 is 12.4. The number of hydrogen-bond acceptors (Lipinski definition) is 2. The number of hydrogen-bond donors (Lipinski definition) is 1. The van der Waals surface area contributed by atoms with Crippen LogP contribution in [0.2, 0.25) is 0 Å². The fourth-order valence-corrected chi connectivity index (χ4v) is 4.08. The SMILES string of the molecule is NCC=Cc1cccc(S(=O)CC2CCCCC2)c1. The summed E-state index contributed by atoms with van der Waals surface area (Å²) in [4.78, 5) is 0.949. The highest BCUT2D eigenvalue weighted by molar-refractivity contribution is 7.85. The molecule has 1 unspecified atom stereocenters. The Labute approximate surface area is 118 Å². The molecule has 0 heterocycles. The van der Waals surface area contributed by atoms with Crippen LogP contribution < -0.4 is 5.73 Å². The highest BCUT2D eigenvalue weighted by Crippen LogP contribution is 2.25. The molecular formula is C16H23NOS. The molecule has 0 saturated heterocycles. The standard InChI is InChI=1S/C16H23NOS/c17-11-5-9-14-8-4-10-16(12-14)19(18)13-15-6-2-1-3-7-15/h4-5,8-10,12,15H,1-3,6-7,11,13,17H2. The summed E-state index contributed by atoms with van der Waals surface area (Å²) in [6, 6.07) is 7.99. The molecule has 0 radical (unpaired) electrons. The molecule has 2 nitrogen and oxygen atoms in total. The molecule has 0 amide bonds. The van der Waals surface area contributed by atoms with Crippen molar-refractivity contribution in [3.05, 3.63) is 35.9 Å². The third kappa shape index (κ3) is 4.59. The minimum absolute atomic E-state index is 0.537. The zero-order chi connectivity index (χ0) is 13.5. The van der Waals surface area contributed by atoms with Crippen molar-refractivity contribution >= 4 is 16.9 Å². The van der Waals surface area contributed by atoms with Gasteiger partial charge in [0.05, 0.1) is 10.8 Å². The second kappa shape index (κ2) is 7.61. The van der Waals surface area contributed by atoms with Gasteiger partial charge in [-0.2, -0.15) is 0 Å². The van der Waals surface area contributed by atoms with Crippen molar-refractivity contribution < 1.29 is 4.21 Å². The first-order chi connectivity index (χ1) is 9.29. The predicted molar refractivity (Wildman–Crippen MR) is 82.4 cm³/mol. The molecule has 0 bridgehead atoms. The number of benzene rings is 1. The molecule has 1 aromatic rings. The van der Waals surface area contributed by atoms with Crippen LogP contribution in [0.1, 0.15) is 37.7 Å². The first kappa shape index (κ1) is 14.5. The van der Waals surface area contributed by atoms with Gasteiger partial charge in [0.2, 0.25) is 0 Å². The lowest BCUT2D eigenvalue weighted by molar-refractivity contribution is 0.388. The maximum Gasteiger partial charge on any atom is 0.0532 e. The molecule has 19 heavy (non-hydrogen) atoms. The Bertz CT molecular complexity index is 450. The molecule has 0 spiro atoms. The number of nitrogens with two attached hydrogens (primary N) is 1. The Balaban J connectivity index is 1.99. The number of rotatable bonds is 5. The Morgan fingerprint density at radius 1 is 1.26 bits per heavy atom. The van der Waals surface area contributed by atoms with Crippen LogP contribution in [-0.2, 0) is 10.8 Å². The van der Waals surface area contributed by atoms with E-state index in [1.165, 1.54) is 32.1 Å². The highest BCUT2D eigenvalue weighted by atomic mass is 32.2. The molecule has 1 aliphatic rings. The fraction of sp³-hybridized carbons (Fsp3) is 0.500. The van der Waals surface area contributed by atoms with E-state index in [4.69, 9.17) is 5.73 Å². The van der Waals surface area contributed by atoms with Crippen LogP contribution in [0.4, 0.5) is 0 Å². The Morgan fingerprint density at radius 3 is 2.79 bits per heavy atom. The van der Waals surface area contributed by atoms with E-state index in [1.807, 2.05) is 36.4 Å². The Kier molecular flexibility index (Phi) is 5.80. The lowest BCUT2D eigenvalue weighted by Crippen LogP contribution is -2.14.